The van der Waals surface area contributed by atoms with Crippen molar-refractivity contribution in [3.8, 4) is 11.5 Å². The molecule has 4 rings (SSSR count). The smallest absolute Gasteiger partial charge is 0.409 e. The fourth-order valence-electron chi connectivity index (χ4n) is 3.88. The van der Waals surface area contributed by atoms with Gasteiger partial charge < -0.3 is 23.4 Å². The number of nitrogens with zero attached hydrogens (tertiary/aromatic N) is 5. The van der Waals surface area contributed by atoms with E-state index in [0.29, 0.717) is 51.1 Å². The summed E-state index contributed by atoms with van der Waals surface area (Å²) in [5.74, 6) is 1.43. The van der Waals surface area contributed by atoms with Crippen LogP contribution in [0, 0.1) is 0 Å². The van der Waals surface area contributed by atoms with Gasteiger partial charge in [0.25, 0.3) is 5.89 Å². The average Bonchev–Trinajstić information content (AvgIpc) is 3.46. The monoisotopic (exact) mass is 417 g/mol. The maximum Gasteiger partial charge on any atom is 0.409 e. The lowest BCUT2D eigenvalue weighted by atomic mass is 9.97. The van der Waals surface area contributed by atoms with Crippen molar-refractivity contribution in [1.82, 2.24) is 24.9 Å². The van der Waals surface area contributed by atoms with E-state index in [-0.39, 0.29) is 17.9 Å². The Kier molecular flexibility index (Phi) is 6.32. The predicted octanol–water partition coefficient (Wildman–Crippen LogP) is 1.81. The molecule has 2 amide bonds. The van der Waals surface area contributed by atoms with E-state index in [4.69, 9.17) is 13.6 Å². The van der Waals surface area contributed by atoms with Crippen LogP contribution in [-0.2, 0) is 9.53 Å². The number of rotatable bonds is 5. The van der Waals surface area contributed by atoms with Crippen LogP contribution >= 0.6 is 0 Å². The molecule has 0 aromatic carbocycles. The Morgan fingerprint density at radius 3 is 2.50 bits per heavy atom. The van der Waals surface area contributed by atoms with Crippen molar-refractivity contribution < 1.29 is 23.2 Å². The molecule has 30 heavy (non-hydrogen) atoms. The number of piperidine rings is 1. The van der Waals surface area contributed by atoms with Crippen LogP contribution in [0.15, 0.2) is 27.4 Å². The van der Waals surface area contributed by atoms with Crippen molar-refractivity contribution in [2.24, 2.45) is 0 Å². The highest BCUT2D eigenvalue weighted by Gasteiger charge is 2.29. The van der Waals surface area contributed by atoms with Gasteiger partial charge in [0, 0.05) is 32.1 Å². The van der Waals surface area contributed by atoms with Crippen LogP contribution in [0.5, 0.6) is 0 Å². The highest BCUT2D eigenvalue weighted by molar-refractivity contribution is 5.78. The second-order valence-electron chi connectivity index (χ2n) is 7.57. The van der Waals surface area contributed by atoms with Gasteiger partial charge in [0.15, 0.2) is 0 Å². The third-order valence-electron chi connectivity index (χ3n) is 5.66. The standard InChI is InChI=1S/C20H27N5O5/c1-2-29-20(27)25-10-8-24(9-11-25)17(26)13-23-6-3-15(4-7-23)18-21-22-19(30-18)16-5-12-28-14-16/h5,12,14-15H,2-4,6-11,13H2,1H3. The van der Waals surface area contributed by atoms with E-state index >= 15 is 0 Å². The van der Waals surface area contributed by atoms with Crippen LogP contribution in [-0.4, -0.2) is 89.3 Å². The molecule has 10 heteroatoms. The minimum absolute atomic E-state index is 0.108. The van der Waals surface area contributed by atoms with Gasteiger partial charge in [-0.1, -0.05) is 0 Å². The number of amides is 2. The van der Waals surface area contributed by atoms with E-state index in [0.717, 1.165) is 31.5 Å². The zero-order valence-electron chi connectivity index (χ0n) is 17.2. The molecule has 162 valence electrons. The first-order valence-corrected chi connectivity index (χ1v) is 10.4. The molecule has 0 unspecified atom stereocenters. The molecule has 0 bridgehead atoms. The third kappa shape index (κ3) is 4.64. The lowest BCUT2D eigenvalue weighted by molar-refractivity contribution is -0.134. The van der Waals surface area contributed by atoms with Crippen molar-refractivity contribution in [1.29, 1.82) is 0 Å². The number of hydrogen-bond donors (Lipinski definition) is 0. The normalized spacial score (nSPS) is 18.6. The van der Waals surface area contributed by atoms with Gasteiger partial charge in [0.1, 0.15) is 6.26 Å². The van der Waals surface area contributed by atoms with Crippen LogP contribution in [0.2, 0.25) is 0 Å². The van der Waals surface area contributed by atoms with Crippen molar-refractivity contribution in [2.45, 2.75) is 25.7 Å². The number of likely N-dealkylation sites (tertiary alicyclic amines) is 1. The Bertz CT molecular complexity index is 836. The summed E-state index contributed by atoms with van der Waals surface area (Å²) in [6.45, 7) is 6.30. The van der Waals surface area contributed by atoms with Gasteiger partial charge in [-0.3, -0.25) is 9.69 Å². The Morgan fingerprint density at radius 2 is 1.83 bits per heavy atom. The summed E-state index contributed by atoms with van der Waals surface area (Å²) in [6.07, 6.45) is 4.60. The first kappa shape index (κ1) is 20.4. The third-order valence-corrected chi connectivity index (χ3v) is 5.66. The first-order chi connectivity index (χ1) is 14.6. The quantitative estimate of drug-likeness (QED) is 0.725. The van der Waals surface area contributed by atoms with E-state index in [1.165, 1.54) is 0 Å². The fourth-order valence-corrected chi connectivity index (χ4v) is 3.88. The van der Waals surface area contributed by atoms with Crippen LogP contribution in [0.1, 0.15) is 31.6 Å². The highest BCUT2D eigenvalue weighted by Crippen LogP contribution is 2.29. The lowest BCUT2D eigenvalue weighted by Gasteiger charge is -2.36. The van der Waals surface area contributed by atoms with Gasteiger partial charge >= 0.3 is 6.09 Å². The second kappa shape index (κ2) is 9.29. The topological polar surface area (TPSA) is 105 Å². The molecule has 0 atom stereocenters. The molecule has 10 nitrogen and oxygen atoms in total. The number of carbonyl (C=O) groups is 2. The van der Waals surface area contributed by atoms with Crippen LogP contribution < -0.4 is 0 Å². The number of aromatic nitrogens is 2. The molecule has 0 spiro atoms. The Hall–Kier alpha value is -2.88. The molecule has 4 heterocycles. The second-order valence-corrected chi connectivity index (χ2v) is 7.57. The van der Waals surface area contributed by atoms with Gasteiger partial charge in [0.2, 0.25) is 11.8 Å². The van der Waals surface area contributed by atoms with Crippen molar-refractivity contribution in [2.75, 3.05) is 52.4 Å². The highest BCUT2D eigenvalue weighted by atomic mass is 16.6. The van der Waals surface area contributed by atoms with Gasteiger partial charge in [-0.05, 0) is 38.9 Å². The van der Waals surface area contributed by atoms with Crippen molar-refractivity contribution in [3.63, 3.8) is 0 Å². The van der Waals surface area contributed by atoms with E-state index < -0.39 is 0 Å². The largest absolute Gasteiger partial charge is 0.472 e. The molecule has 2 fully saturated rings. The van der Waals surface area contributed by atoms with E-state index in [1.54, 1.807) is 30.4 Å². The summed E-state index contributed by atoms with van der Waals surface area (Å²) in [7, 11) is 0. The minimum Gasteiger partial charge on any atom is -0.472 e. The summed E-state index contributed by atoms with van der Waals surface area (Å²) in [6, 6.07) is 1.79. The molecule has 2 aliphatic heterocycles. The molecule has 2 aromatic heterocycles. The Labute approximate surface area is 174 Å². The molecule has 0 N–H and O–H groups in total. The minimum atomic E-state index is -0.302. The molecule has 2 saturated heterocycles. The summed E-state index contributed by atoms with van der Waals surface area (Å²) in [5, 5.41) is 8.30. The Morgan fingerprint density at radius 1 is 1.10 bits per heavy atom. The molecular weight excluding hydrogens is 390 g/mol. The zero-order valence-corrected chi connectivity index (χ0v) is 17.2. The molecule has 2 aliphatic rings. The number of piperazine rings is 1. The summed E-state index contributed by atoms with van der Waals surface area (Å²) < 4.78 is 15.9. The Balaban J connectivity index is 1.21. The van der Waals surface area contributed by atoms with Crippen LogP contribution in [0.3, 0.4) is 0 Å². The van der Waals surface area contributed by atoms with Gasteiger partial charge in [-0.2, -0.15) is 0 Å². The predicted molar refractivity (Wildman–Crippen MR) is 106 cm³/mol. The zero-order chi connectivity index (χ0) is 20.9. The molecule has 2 aromatic rings. The molecule has 0 aliphatic carbocycles. The number of furan rings is 1. The van der Waals surface area contributed by atoms with E-state index in [1.807, 2.05) is 4.90 Å². The van der Waals surface area contributed by atoms with Crippen molar-refractivity contribution >= 4 is 12.0 Å². The van der Waals surface area contributed by atoms with Gasteiger partial charge in [0.05, 0.1) is 25.0 Å². The number of carbonyl (C=O) groups excluding carboxylic acids is 2. The van der Waals surface area contributed by atoms with Crippen LogP contribution in [0.4, 0.5) is 4.79 Å². The first-order valence-electron chi connectivity index (χ1n) is 10.4. The summed E-state index contributed by atoms with van der Waals surface area (Å²) >= 11 is 0. The molecule has 0 saturated carbocycles. The molecule has 0 radical (unpaired) electrons. The number of hydrogen-bond acceptors (Lipinski definition) is 8. The van der Waals surface area contributed by atoms with Crippen molar-refractivity contribution in [3.05, 3.63) is 24.5 Å². The van der Waals surface area contributed by atoms with E-state index in [2.05, 4.69) is 15.1 Å². The molecular formula is C20H27N5O5. The summed E-state index contributed by atoms with van der Waals surface area (Å²) in [4.78, 5) is 30.1. The maximum atomic E-state index is 12.7. The summed E-state index contributed by atoms with van der Waals surface area (Å²) in [5.41, 5.74) is 0.778. The average molecular weight is 417 g/mol. The number of ether oxygens (including phenoxy) is 1. The lowest BCUT2D eigenvalue weighted by Crippen LogP contribution is -2.53. The SMILES string of the molecule is CCOC(=O)N1CCN(C(=O)CN2CCC(c3nnc(-c4ccoc4)o3)CC2)CC1. The van der Waals surface area contributed by atoms with E-state index in [9.17, 15) is 9.59 Å². The fraction of sp³-hybridized carbons (Fsp3) is 0.600. The van der Waals surface area contributed by atoms with Gasteiger partial charge in [-0.15, -0.1) is 10.2 Å². The van der Waals surface area contributed by atoms with Crippen LogP contribution in [0.25, 0.3) is 11.5 Å². The maximum absolute atomic E-state index is 12.7. The van der Waals surface area contributed by atoms with Gasteiger partial charge in [-0.25, -0.2) is 4.79 Å².